The lowest BCUT2D eigenvalue weighted by Crippen LogP contribution is -2.32. The van der Waals surface area contributed by atoms with Gasteiger partial charge in [0, 0.05) is 23.9 Å². The number of benzene rings is 1. The predicted molar refractivity (Wildman–Crippen MR) is 75.1 cm³/mol. The molecule has 1 aromatic heterocycles. The molecule has 0 bridgehead atoms. The Morgan fingerprint density at radius 1 is 1.42 bits per heavy atom. The number of aliphatic carboxylic acids is 1. The number of hydrogen-bond acceptors (Lipinski definition) is 5. The van der Waals surface area contributed by atoms with Gasteiger partial charge in [-0.3, -0.25) is 4.79 Å². The third kappa shape index (κ3) is 3.52. The Morgan fingerprint density at radius 2 is 2.16 bits per heavy atom. The molecule has 100 valence electrons. The van der Waals surface area contributed by atoms with Crippen LogP contribution in [-0.2, 0) is 17.6 Å². The van der Waals surface area contributed by atoms with Gasteiger partial charge < -0.3 is 16.6 Å². The van der Waals surface area contributed by atoms with Gasteiger partial charge in [0.25, 0.3) is 0 Å². The van der Waals surface area contributed by atoms with Gasteiger partial charge in [-0.05, 0) is 11.6 Å². The molecule has 0 amide bonds. The molecule has 2 rings (SSSR count). The fourth-order valence-electron chi connectivity index (χ4n) is 1.69. The molecular formula is C13H15N3O2S. The molecule has 2 aromatic rings. The third-order valence-electron chi connectivity index (χ3n) is 2.74. The van der Waals surface area contributed by atoms with Crippen molar-refractivity contribution in [2.24, 2.45) is 5.73 Å². The van der Waals surface area contributed by atoms with E-state index in [-0.39, 0.29) is 6.42 Å². The van der Waals surface area contributed by atoms with Gasteiger partial charge >= 0.3 is 5.97 Å². The van der Waals surface area contributed by atoms with Crippen molar-refractivity contribution in [3.05, 3.63) is 45.9 Å². The first-order valence-electron chi connectivity index (χ1n) is 5.81. The van der Waals surface area contributed by atoms with Crippen LogP contribution < -0.4 is 11.5 Å². The van der Waals surface area contributed by atoms with Crippen molar-refractivity contribution in [1.29, 1.82) is 0 Å². The van der Waals surface area contributed by atoms with E-state index in [1.165, 1.54) is 11.3 Å². The average Bonchev–Trinajstić information content (AvgIpc) is 2.79. The highest BCUT2D eigenvalue weighted by Gasteiger charge is 2.14. The van der Waals surface area contributed by atoms with Crippen LogP contribution in [0.5, 0.6) is 0 Å². The minimum absolute atomic E-state index is 0.246. The number of nitrogen functional groups attached to an aromatic ring is 1. The van der Waals surface area contributed by atoms with Gasteiger partial charge in [-0.1, -0.05) is 18.2 Å². The number of nitrogens with two attached hydrogens (primary N) is 2. The number of carboxylic acid groups (broad SMARTS) is 1. The number of aromatic nitrogens is 1. The SMILES string of the molecule is Nc1ccccc1Cc1nc(C[C@H](N)C(=O)O)cs1. The normalized spacial score (nSPS) is 12.3. The molecule has 0 radical (unpaired) electrons. The summed E-state index contributed by atoms with van der Waals surface area (Å²) in [5, 5.41) is 11.5. The van der Waals surface area contributed by atoms with Crippen molar-refractivity contribution in [2.75, 3.05) is 5.73 Å². The second-order valence-corrected chi connectivity index (χ2v) is 5.20. The van der Waals surface area contributed by atoms with Crippen LogP contribution in [0.25, 0.3) is 0 Å². The van der Waals surface area contributed by atoms with Crippen LogP contribution in [0.2, 0.25) is 0 Å². The smallest absolute Gasteiger partial charge is 0.320 e. The Kier molecular flexibility index (Phi) is 4.13. The van der Waals surface area contributed by atoms with E-state index >= 15 is 0 Å². The fraction of sp³-hybridized carbons (Fsp3) is 0.231. The van der Waals surface area contributed by atoms with E-state index in [0.717, 1.165) is 16.3 Å². The maximum atomic E-state index is 10.7. The molecule has 6 heteroatoms. The molecule has 5 N–H and O–H groups in total. The second kappa shape index (κ2) is 5.81. The zero-order valence-electron chi connectivity index (χ0n) is 10.2. The number of para-hydroxylation sites is 1. The minimum atomic E-state index is -1.01. The molecular weight excluding hydrogens is 262 g/mol. The van der Waals surface area contributed by atoms with Gasteiger partial charge in [0.2, 0.25) is 0 Å². The van der Waals surface area contributed by atoms with Crippen molar-refractivity contribution in [1.82, 2.24) is 4.98 Å². The fourth-order valence-corrected chi connectivity index (χ4v) is 2.52. The number of thiazole rings is 1. The van der Waals surface area contributed by atoms with Gasteiger partial charge in [-0.25, -0.2) is 4.98 Å². The van der Waals surface area contributed by atoms with E-state index in [2.05, 4.69) is 4.98 Å². The van der Waals surface area contributed by atoms with Crippen molar-refractivity contribution >= 4 is 23.0 Å². The van der Waals surface area contributed by atoms with E-state index in [1.807, 2.05) is 29.6 Å². The minimum Gasteiger partial charge on any atom is -0.480 e. The summed E-state index contributed by atoms with van der Waals surface area (Å²) in [7, 11) is 0. The van der Waals surface area contributed by atoms with E-state index in [0.29, 0.717) is 12.1 Å². The highest BCUT2D eigenvalue weighted by atomic mass is 32.1. The number of rotatable bonds is 5. The lowest BCUT2D eigenvalue weighted by Gasteiger charge is -2.03. The van der Waals surface area contributed by atoms with Crippen LogP contribution >= 0.6 is 11.3 Å². The summed E-state index contributed by atoms with van der Waals surface area (Å²) >= 11 is 1.49. The van der Waals surface area contributed by atoms with Crippen molar-refractivity contribution < 1.29 is 9.90 Å². The maximum absolute atomic E-state index is 10.7. The number of anilines is 1. The summed E-state index contributed by atoms with van der Waals surface area (Å²) in [6.45, 7) is 0. The number of hydrogen-bond donors (Lipinski definition) is 3. The zero-order valence-corrected chi connectivity index (χ0v) is 11.1. The molecule has 5 nitrogen and oxygen atoms in total. The number of nitrogens with zero attached hydrogens (tertiary/aromatic N) is 1. The quantitative estimate of drug-likeness (QED) is 0.714. The monoisotopic (exact) mass is 277 g/mol. The molecule has 0 saturated carbocycles. The summed E-state index contributed by atoms with van der Waals surface area (Å²) in [6.07, 6.45) is 0.899. The number of carboxylic acids is 1. The summed E-state index contributed by atoms with van der Waals surface area (Å²) in [6, 6.07) is 6.72. The molecule has 0 fully saturated rings. The standard InChI is InChI=1S/C13H15N3O2S/c14-10-4-2-1-3-8(10)5-12-16-9(7-19-12)6-11(15)13(17)18/h1-4,7,11H,5-6,14-15H2,(H,17,18)/t11-/m0/s1. The lowest BCUT2D eigenvalue weighted by atomic mass is 10.1. The number of carbonyl (C=O) groups is 1. The molecule has 0 unspecified atom stereocenters. The zero-order chi connectivity index (χ0) is 13.8. The highest BCUT2D eigenvalue weighted by molar-refractivity contribution is 7.09. The molecule has 0 saturated heterocycles. The van der Waals surface area contributed by atoms with Gasteiger partial charge in [0.05, 0.1) is 10.7 Å². The first-order valence-corrected chi connectivity index (χ1v) is 6.69. The third-order valence-corrected chi connectivity index (χ3v) is 3.64. The summed E-state index contributed by atoms with van der Waals surface area (Å²) in [5.41, 5.74) is 13.8. The van der Waals surface area contributed by atoms with Crippen LogP contribution in [0, 0.1) is 0 Å². The Hall–Kier alpha value is -1.92. The summed E-state index contributed by atoms with van der Waals surface area (Å²) in [4.78, 5) is 15.1. The Bertz CT molecular complexity index is 583. The molecule has 19 heavy (non-hydrogen) atoms. The highest BCUT2D eigenvalue weighted by Crippen LogP contribution is 2.19. The van der Waals surface area contributed by atoms with Crippen LogP contribution in [0.4, 0.5) is 5.69 Å². The molecule has 0 aliphatic heterocycles. The summed E-state index contributed by atoms with van der Waals surface area (Å²) in [5.74, 6) is -1.01. The second-order valence-electron chi connectivity index (χ2n) is 4.26. The van der Waals surface area contributed by atoms with Gasteiger partial charge in [-0.2, -0.15) is 0 Å². The molecule has 1 heterocycles. The van der Waals surface area contributed by atoms with Crippen molar-refractivity contribution in [2.45, 2.75) is 18.9 Å². The van der Waals surface area contributed by atoms with Crippen LogP contribution in [0.1, 0.15) is 16.3 Å². The largest absolute Gasteiger partial charge is 0.480 e. The predicted octanol–water partition coefficient (Wildman–Crippen LogP) is 1.27. The van der Waals surface area contributed by atoms with Crippen molar-refractivity contribution in [3.63, 3.8) is 0 Å². The first-order chi connectivity index (χ1) is 9.06. The molecule has 1 atom stereocenters. The lowest BCUT2D eigenvalue weighted by molar-refractivity contribution is -0.138. The van der Waals surface area contributed by atoms with Crippen LogP contribution in [0.15, 0.2) is 29.6 Å². The van der Waals surface area contributed by atoms with E-state index in [1.54, 1.807) is 0 Å². The average molecular weight is 277 g/mol. The molecule has 1 aromatic carbocycles. The van der Waals surface area contributed by atoms with E-state index < -0.39 is 12.0 Å². The Labute approximate surface area is 114 Å². The van der Waals surface area contributed by atoms with E-state index in [9.17, 15) is 4.79 Å². The molecule has 0 aliphatic rings. The van der Waals surface area contributed by atoms with Crippen LogP contribution in [-0.4, -0.2) is 22.1 Å². The molecule has 0 aliphatic carbocycles. The van der Waals surface area contributed by atoms with E-state index in [4.69, 9.17) is 16.6 Å². The topological polar surface area (TPSA) is 102 Å². The first kappa shape index (κ1) is 13.5. The van der Waals surface area contributed by atoms with Gasteiger partial charge in [-0.15, -0.1) is 11.3 Å². The van der Waals surface area contributed by atoms with Crippen molar-refractivity contribution in [3.8, 4) is 0 Å². The summed E-state index contributed by atoms with van der Waals surface area (Å²) < 4.78 is 0. The Balaban J connectivity index is 2.06. The Morgan fingerprint density at radius 3 is 2.84 bits per heavy atom. The van der Waals surface area contributed by atoms with Gasteiger partial charge in [0.1, 0.15) is 6.04 Å². The molecule has 0 spiro atoms. The van der Waals surface area contributed by atoms with Gasteiger partial charge in [0.15, 0.2) is 0 Å². The maximum Gasteiger partial charge on any atom is 0.320 e. The van der Waals surface area contributed by atoms with Crippen LogP contribution in [0.3, 0.4) is 0 Å².